The third kappa shape index (κ3) is 10.5. The fourth-order valence-electron chi connectivity index (χ4n) is 4.70. The van der Waals surface area contributed by atoms with Crippen LogP contribution in [0.2, 0.25) is 26.2 Å². The molecule has 2 unspecified atom stereocenters. The lowest BCUT2D eigenvalue weighted by molar-refractivity contribution is -0.146. The normalized spacial score (nSPS) is 14.9. The Balaban J connectivity index is 2.43. The van der Waals surface area contributed by atoms with Crippen molar-refractivity contribution in [3.63, 3.8) is 0 Å². The summed E-state index contributed by atoms with van der Waals surface area (Å²) in [6.07, 6.45) is 3.28. The number of carbonyl (C=O) groups is 1. The maximum atomic E-state index is 11.6. The summed E-state index contributed by atoms with van der Waals surface area (Å²) in [6, 6.07) is 8.60. The molecule has 8 heteroatoms. The van der Waals surface area contributed by atoms with Crippen molar-refractivity contribution in [3.05, 3.63) is 57.3 Å². The van der Waals surface area contributed by atoms with Gasteiger partial charge in [-0.2, -0.15) is 0 Å². The van der Waals surface area contributed by atoms with Crippen molar-refractivity contribution in [2.24, 2.45) is 16.2 Å². The lowest BCUT2D eigenvalue weighted by Crippen LogP contribution is -2.31. The molecule has 234 valence electrons. The minimum Gasteiger partial charge on any atom is -0.488 e. The third-order valence-corrected chi connectivity index (χ3v) is 9.45. The number of aliphatic carboxylic acids is 1. The van der Waals surface area contributed by atoms with E-state index in [4.69, 9.17) is 13.6 Å². The molecule has 1 aromatic heterocycles. The summed E-state index contributed by atoms with van der Waals surface area (Å²) in [5.74, 6) is 0.0440. The molecule has 2 rings (SSSR count). The summed E-state index contributed by atoms with van der Waals surface area (Å²) >= 11 is 1.67. The first-order valence-corrected chi connectivity index (χ1v) is 20.7. The quantitative estimate of drug-likeness (QED) is 0.210. The van der Waals surface area contributed by atoms with Crippen molar-refractivity contribution in [2.45, 2.75) is 120 Å². The van der Waals surface area contributed by atoms with Crippen molar-refractivity contribution >= 4 is 41.0 Å². The number of carboxylic acid groups (broad SMARTS) is 1. The number of benzene rings is 1. The van der Waals surface area contributed by atoms with Gasteiger partial charge in [-0.3, -0.25) is 4.79 Å². The second-order valence-electron chi connectivity index (χ2n) is 14.4. The smallest absolute Gasteiger partial charge is 0.309 e. The van der Waals surface area contributed by atoms with Gasteiger partial charge in [0.25, 0.3) is 0 Å². The van der Waals surface area contributed by atoms with Crippen LogP contribution < -0.4 is 4.74 Å². The van der Waals surface area contributed by atoms with E-state index in [1.807, 2.05) is 0 Å². The van der Waals surface area contributed by atoms with Crippen LogP contribution >= 0.6 is 11.3 Å². The van der Waals surface area contributed by atoms with E-state index in [2.05, 4.69) is 110 Å². The maximum absolute atomic E-state index is 11.6. The molecule has 5 nitrogen and oxygen atoms in total. The molecule has 1 heterocycles. The Kier molecular flexibility index (Phi) is 12.9. The molecule has 0 amide bonds. The van der Waals surface area contributed by atoms with E-state index >= 15 is 0 Å². The fourth-order valence-corrected chi connectivity index (χ4v) is 7.43. The first kappa shape index (κ1) is 36.5. The second-order valence-corrected chi connectivity index (χ2v) is 19.5. The summed E-state index contributed by atoms with van der Waals surface area (Å²) in [5.41, 5.74) is 3.67. The van der Waals surface area contributed by atoms with Crippen LogP contribution in [-0.4, -0.2) is 29.2 Å². The molecule has 2 aromatic rings. The van der Waals surface area contributed by atoms with Crippen molar-refractivity contribution < 1.29 is 23.5 Å². The van der Waals surface area contributed by atoms with Crippen LogP contribution in [0.3, 0.4) is 0 Å². The summed E-state index contributed by atoms with van der Waals surface area (Å²) in [4.78, 5) is 12.7. The second kappa shape index (κ2) is 14.8. The highest BCUT2D eigenvalue weighted by atomic mass is 32.1. The van der Waals surface area contributed by atoms with Gasteiger partial charge in [-0.05, 0) is 110 Å². The van der Waals surface area contributed by atoms with Gasteiger partial charge in [0.05, 0.1) is 17.6 Å². The topological polar surface area (TPSA) is 65.0 Å². The zero-order valence-corrected chi connectivity index (χ0v) is 31.0. The zero-order chi connectivity index (χ0) is 32.0. The summed E-state index contributed by atoms with van der Waals surface area (Å²) in [6.45, 7) is 28.3. The van der Waals surface area contributed by atoms with Crippen molar-refractivity contribution in [2.75, 3.05) is 0 Å². The van der Waals surface area contributed by atoms with E-state index in [1.54, 1.807) is 25.2 Å². The third-order valence-electron chi connectivity index (χ3n) is 7.13. The van der Waals surface area contributed by atoms with Gasteiger partial charge >= 0.3 is 5.97 Å². The molecule has 0 aliphatic carbocycles. The molecule has 0 fully saturated rings. The van der Waals surface area contributed by atoms with Crippen LogP contribution in [0.25, 0.3) is 5.57 Å². The number of rotatable bonds is 14. The van der Waals surface area contributed by atoms with Gasteiger partial charge < -0.3 is 18.7 Å². The molecular weight excluding hydrogens is 577 g/mol. The predicted molar refractivity (Wildman–Crippen MR) is 181 cm³/mol. The molecule has 0 saturated carbocycles. The molecule has 1 N–H and O–H groups in total. The molecule has 2 radical (unpaired) electrons. The Bertz CT molecular complexity index is 1200. The lowest BCUT2D eigenvalue weighted by atomic mass is 9.77. The van der Waals surface area contributed by atoms with Gasteiger partial charge in [0.15, 0.2) is 0 Å². The van der Waals surface area contributed by atoms with Crippen LogP contribution in [0.5, 0.6) is 5.75 Å². The van der Waals surface area contributed by atoms with Crippen LogP contribution in [0.1, 0.15) is 109 Å². The van der Waals surface area contributed by atoms with E-state index in [0.717, 1.165) is 28.2 Å². The Morgan fingerprint density at radius 2 is 1.45 bits per heavy atom. The highest BCUT2D eigenvalue weighted by molar-refractivity contribution is 7.10. The zero-order valence-electron chi connectivity index (χ0n) is 28.2. The fraction of sp³-hybridized carbons (Fsp3) is 0.618. The number of allylic oxidation sites excluding steroid dienone is 2. The number of ether oxygens (including phenoxy) is 1. The van der Waals surface area contributed by atoms with E-state index in [0.29, 0.717) is 13.0 Å². The summed E-state index contributed by atoms with van der Waals surface area (Å²) in [5, 5.41) is 11.6. The van der Waals surface area contributed by atoms with Crippen molar-refractivity contribution in [1.82, 2.24) is 0 Å². The van der Waals surface area contributed by atoms with E-state index in [9.17, 15) is 9.90 Å². The molecule has 0 spiro atoms. The van der Waals surface area contributed by atoms with Crippen LogP contribution in [-0.2, 0) is 20.3 Å². The first-order valence-electron chi connectivity index (χ1n) is 15.0. The monoisotopic (exact) mass is 630 g/mol. The number of thiophene rings is 1. The van der Waals surface area contributed by atoms with Gasteiger partial charge in [0, 0.05) is 4.88 Å². The average molecular weight is 631 g/mol. The molecule has 2 atom stereocenters. The van der Waals surface area contributed by atoms with E-state index in [1.165, 1.54) is 11.1 Å². The van der Waals surface area contributed by atoms with Crippen LogP contribution in [0.15, 0.2) is 35.7 Å². The van der Waals surface area contributed by atoms with Crippen LogP contribution in [0, 0.1) is 16.2 Å². The van der Waals surface area contributed by atoms with Gasteiger partial charge in [-0.25, -0.2) is 0 Å². The molecule has 0 bridgehead atoms. The lowest BCUT2D eigenvalue weighted by Gasteiger charge is -2.39. The Morgan fingerprint density at radius 3 is 1.93 bits per heavy atom. The Hall–Kier alpha value is -1.72. The molecule has 42 heavy (non-hydrogen) atoms. The van der Waals surface area contributed by atoms with E-state index < -0.39 is 29.5 Å². The largest absolute Gasteiger partial charge is 0.488 e. The number of hydrogen-bond donors (Lipinski definition) is 1. The highest BCUT2D eigenvalue weighted by Gasteiger charge is 2.36. The maximum Gasteiger partial charge on any atom is 0.309 e. The first-order chi connectivity index (χ1) is 19.3. The Morgan fingerprint density at radius 1 is 0.905 bits per heavy atom. The standard InChI is InChI=1S/C34H54O5SSi2/c1-14-23(17-18-34(8,9)31(35)36)24-19-26(40-22-24)21-37-25-15-16-27(29(32(2,3)4)38-41(10)11)28(20-25)30(33(5,6)7)39-42(12)13/h15-17,19-20,22,29-30H,14,18,21H2,1-13H3,(H,35,36). The van der Waals surface area contributed by atoms with E-state index in [-0.39, 0.29) is 23.0 Å². The van der Waals surface area contributed by atoms with Gasteiger partial charge in [0.2, 0.25) is 18.1 Å². The average Bonchev–Trinajstić information content (AvgIpc) is 3.32. The summed E-state index contributed by atoms with van der Waals surface area (Å²) in [7, 11) is -1.91. The molecule has 0 aliphatic rings. The van der Waals surface area contributed by atoms with Gasteiger partial charge in [0.1, 0.15) is 12.4 Å². The van der Waals surface area contributed by atoms with Gasteiger partial charge in [-0.15, -0.1) is 11.3 Å². The van der Waals surface area contributed by atoms with Crippen molar-refractivity contribution in [1.29, 1.82) is 0 Å². The number of carboxylic acids is 1. The van der Waals surface area contributed by atoms with Crippen LogP contribution in [0.4, 0.5) is 0 Å². The molecular formula is C34H54O5SSi2. The van der Waals surface area contributed by atoms with Gasteiger partial charge in [-0.1, -0.05) is 60.6 Å². The SMILES string of the molecule is CCC(=CCC(C)(C)C(=O)O)c1csc(COc2ccc(C(O[Si](C)C)C(C)(C)C)c(C(O[Si](C)C)C(C)(C)C)c2)c1. The molecule has 0 aliphatic heterocycles. The molecule has 0 saturated heterocycles. The molecule has 1 aromatic carbocycles. The minimum atomic E-state index is -0.968. The highest BCUT2D eigenvalue weighted by Crippen LogP contribution is 2.46. The predicted octanol–water partition coefficient (Wildman–Crippen LogP) is 10.3. The summed E-state index contributed by atoms with van der Waals surface area (Å²) < 4.78 is 19.7. The minimum absolute atomic E-state index is 0.0477. The number of hydrogen-bond acceptors (Lipinski definition) is 5. The van der Waals surface area contributed by atoms with Crippen molar-refractivity contribution in [3.8, 4) is 5.75 Å². The Labute approximate surface area is 263 Å².